The largest absolute Gasteiger partial charge is 0.496 e. The third-order valence-electron chi connectivity index (χ3n) is 5.99. The van der Waals surface area contributed by atoms with Gasteiger partial charge in [0.1, 0.15) is 11.8 Å². The van der Waals surface area contributed by atoms with Gasteiger partial charge < -0.3 is 14.5 Å². The molecule has 2 aromatic rings. The zero-order chi connectivity index (χ0) is 20.4. The summed E-state index contributed by atoms with van der Waals surface area (Å²) in [5.74, 6) is 2.03. The normalized spacial score (nSPS) is 23.1. The van der Waals surface area contributed by atoms with E-state index in [9.17, 15) is 0 Å². The van der Waals surface area contributed by atoms with Gasteiger partial charge in [-0.15, -0.1) is 0 Å². The number of hydrogen-bond donors (Lipinski definition) is 0. The first kappa shape index (κ1) is 20.1. The number of hydrogen-bond acceptors (Lipinski definition) is 6. The van der Waals surface area contributed by atoms with Gasteiger partial charge in [-0.05, 0) is 38.5 Å². The predicted octanol–water partition coefficient (Wildman–Crippen LogP) is 4.92. The quantitative estimate of drug-likeness (QED) is 0.648. The fraction of sp³-hybridized carbons (Fsp3) is 0.478. The Bertz CT molecular complexity index is 868. The Hall–Kier alpha value is -2.21. The lowest BCUT2D eigenvalue weighted by atomic mass is 9.94. The van der Waals surface area contributed by atoms with Crippen LogP contribution in [-0.2, 0) is 0 Å². The molecule has 1 aromatic heterocycles. The fourth-order valence-electron chi connectivity index (χ4n) is 4.42. The molecule has 1 aromatic carbocycles. The molecule has 2 aliphatic heterocycles. The van der Waals surface area contributed by atoms with Crippen molar-refractivity contribution in [2.75, 3.05) is 30.9 Å². The molecule has 0 spiro atoms. The highest BCUT2D eigenvalue weighted by Crippen LogP contribution is 2.50. The van der Waals surface area contributed by atoms with E-state index in [0.29, 0.717) is 6.04 Å². The van der Waals surface area contributed by atoms with Gasteiger partial charge in [-0.3, -0.25) is 9.98 Å². The van der Waals surface area contributed by atoms with E-state index in [0.717, 1.165) is 41.9 Å². The van der Waals surface area contributed by atoms with Gasteiger partial charge in [-0.1, -0.05) is 30.8 Å². The average Bonchev–Trinajstić information content (AvgIpc) is 3.34. The third kappa shape index (κ3) is 3.59. The van der Waals surface area contributed by atoms with Crippen molar-refractivity contribution in [1.29, 1.82) is 0 Å². The summed E-state index contributed by atoms with van der Waals surface area (Å²) in [5.41, 5.74) is 3.41. The Morgan fingerprint density at radius 2 is 2.00 bits per heavy atom. The number of aromatic nitrogens is 1. The van der Waals surface area contributed by atoms with Crippen LogP contribution >= 0.6 is 11.8 Å². The standard InChI is InChI=1S/C23H30N4OS/c1-5-16-15-29-23-25-21(19-10-8-9-13-24-19)22(27(16)23)18-12-11-17(14-20(18)28-4)26(6-2)7-3/h8-14,16,21-22H,5-7,15H2,1-4H3/t16-,21-,22+/m1/s1. The first-order valence-corrected chi connectivity index (χ1v) is 11.5. The van der Waals surface area contributed by atoms with Gasteiger partial charge in [-0.25, -0.2) is 0 Å². The number of fused-ring (bicyclic) bond motifs is 1. The molecule has 3 atom stereocenters. The first-order valence-electron chi connectivity index (χ1n) is 10.5. The van der Waals surface area contributed by atoms with Crippen molar-refractivity contribution < 1.29 is 4.74 Å². The summed E-state index contributed by atoms with van der Waals surface area (Å²) in [6, 6.07) is 13.3. The van der Waals surface area contributed by atoms with Gasteiger partial charge >= 0.3 is 0 Å². The highest BCUT2D eigenvalue weighted by molar-refractivity contribution is 8.14. The van der Waals surface area contributed by atoms with Crippen molar-refractivity contribution in [3.63, 3.8) is 0 Å². The van der Waals surface area contributed by atoms with Crippen molar-refractivity contribution in [2.45, 2.75) is 45.3 Å². The summed E-state index contributed by atoms with van der Waals surface area (Å²) in [7, 11) is 1.77. The molecule has 154 valence electrons. The maximum absolute atomic E-state index is 5.91. The molecule has 2 aliphatic rings. The number of ether oxygens (including phenoxy) is 1. The van der Waals surface area contributed by atoms with Crippen LogP contribution in [0.4, 0.5) is 5.69 Å². The van der Waals surface area contributed by atoms with E-state index in [1.54, 1.807) is 7.11 Å². The van der Waals surface area contributed by atoms with E-state index >= 15 is 0 Å². The topological polar surface area (TPSA) is 41.0 Å². The highest BCUT2D eigenvalue weighted by Gasteiger charge is 2.46. The number of nitrogens with zero attached hydrogens (tertiary/aromatic N) is 4. The molecule has 0 bridgehead atoms. The van der Waals surface area contributed by atoms with Crippen LogP contribution in [0.3, 0.4) is 0 Å². The van der Waals surface area contributed by atoms with Crippen LogP contribution in [0, 0.1) is 0 Å². The number of benzene rings is 1. The van der Waals surface area contributed by atoms with Crippen LogP contribution in [-0.4, -0.2) is 47.0 Å². The minimum absolute atomic E-state index is 0.0127. The number of amidine groups is 1. The van der Waals surface area contributed by atoms with Crippen molar-refractivity contribution in [3.05, 3.63) is 53.9 Å². The molecule has 4 rings (SSSR count). The molecule has 1 fully saturated rings. The van der Waals surface area contributed by atoms with Crippen molar-refractivity contribution in [1.82, 2.24) is 9.88 Å². The second kappa shape index (κ2) is 8.66. The number of thioether (sulfide) groups is 1. The van der Waals surface area contributed by atoms with Gasteiger partial charge in [0, 0.05) is 48.4 Å². The minimum atomic E-state index is -0.0127. The van der Waals surface area contributed by atoms with E-state index in [-0.39, 0.29) is 12.1 Å². The molecular weight excluding hydrogens is 380 g/mol. The van der Waals surface area contributed by atoms with Crippen LogP contribution in [0.25, 0.3) is 0 Å². The van der Waals surface area contributed by atoms with E-state index in [1.807, 2.05) is 30.1 Å². The van der Waals surface area contributed by atoms with Gasteiger partial charge in [-0.2, -0.15) is 0 Å². The fourth-order valence-corrected chi connectivity index (χ4v) is 5.75. The summed E-state index contributed by atoms with van der Waals surface area (Å²) < 4.78 is 5.91. The van der Waals surface area contributed by atoms with Gasteiger partial charge in [0.05, 0.1) is 18.8 Å². The molecule has 0 radical (unpaired) electrons. The summed E-state index contributed by atoms with van der Waals surface area (Å²) in [4.78, 5) is 14.6. The summed E-state index contributed by atoms with van der Waals surface area (Å²) >= 11 is 1.87. The van der Waals surface area contributed by atoms with Crippen LogP contribution in [0.1, 0.15) is 50.5 Å². The second-order valence-electron chi connectivity index (χ2n) is 7.43. The number of methoxy groups -OCH3 is 1. The molecule has 0 unspecified atom stereocenters. The van der Waals surface area contributed by atoms with Crippen LogP contribution in [0.5, 0.6) is 5.75 Å². The SMILES string of the molecule is CC[C@@H]1CSC2=N[C@H](c3ccccn3)[C@H](c3ccc(N(CC)CC)cc3OC)N21. The highest BCUT2D eigenvalue weighted by atomic mass is 32.2. The van der Waals surface area contributed by atoms with Gasteiger partial charge in [0.15, 0.2) is 5.17 Å². The van der Waals surface area contributed by atoms with E-state index < -0.39 is 0 Å². The maximum atomic E-state index is 5.91. The number of pyridine rings is 1. The molecule has 0 saturated carbocycles. The second-order valence-corrected chi connectivity index (χ2v) is 8.42. The Kier molecular flexibility index (Phi) is 5.99. The maximum Gasteiger partial charge on any atom is 0.160 e. The molecule has 5 nitrogen and oxygen atoms in total. The predicted molar refractivity (Wildman–Crippen MR) is 122 cm³/mol. The summed E-state index contributed by atoms with van der Waals surface area (Å²) in [6.45, 7) is 8.59. The lowest BCUT2D eigenvalue weighted by Crippen LogP contribution is -2.35. The Balaban J connectivity index is 1.79. The average molecular weight is 411 g/mol. The zero-order valence-electron chi connectivity index (χ0n) is 17.7. The molecular formula is C23H30N4OS. The number of rotatable bonds is 7. The van der Waals surface area contributed by atoms with Crippen LogP contribution in [0.2, 0.25) is 0 Å². The molecule has 29 heavy (non-hydrogen) atoms. The molecule has 3 heterocycles. The summed E-state index contributed by atoms with van der Waals surface area (Å²) in [5, 5.41) is 1.15. The van der Waals surface area contributed by atoms with Gasteiger partial charge in [0.25, 0.3) is 0 Å². The van der Waals surface area contributed by atoms with Crippen LogP contribution < -0.4 is 9.64 Å². The van der Waals surface area contributed by atoms with E-state index in [4.69, 9.17) is 9.73 Å². The zero-order valence-corrected chi connectivity index (χ0v) is 18.5. The van der Waals surface area contributed by atoms with Crippen LogP contribution in [0.15, 0.2) is 47.6 Å². The Labute approximate surface area is 178 Å². The lowest BCUT2D eigenvalue weighted by Gasteiger charge is -2.33. The minimum Gasteiger partial charge on any atom is -0.496 e. The Morgan fingerprint density at radius 3 is 2.66 bits per heavy atom. The van der Waals surface area contributed by atoms with Gasteiger partial charge in [0.2, 0.25) is 0 Å². The van der Waals surface area contributed by atoms with Crippen molar-refractivity contribution in [3.8, 4) is 5.75 Å². The molecule has 0 N–H and O–H groups in total. The van der Waals surface area contributed by atoms with E-state index in [1.165, 1.54) is 11.3 Å². The third-order valence-corrected chi connectivity index (χ3v) is 7.12. The molecule has 0 aliphatic carbocycles. The Morgan fingerprint density at radius 1 is 1.17 bits per heavy atom. The van der Waals surface area contributed by atoms with Crippen molar-refractivity contribution >= 4 is 22.6 Å². The number of aliphatic imine (C=N–C) groups is 1. The molecule has 0 amide bonds. The van der Waals surface area contributed by atoms with Crippen molar-refractivity contribution in [2.24, 2.45) is 4.99 Å². The monoisotopic (exact) mass is 410 g/mol. The smallest absolute Gasteiger partial charge is 0.160 e. The number of anilines is 1. The first-order chi connectivity index (χ1) is 14.2. The molecule has 6 heteroatoms. The lowest BCUT2D eigenvalue weighted by molar-refractivity contribution is 0.249. The summed E-state index contributed by atoms with van der Waals surface area (Å²) in [6.07, 6.45) is 2.97. The molecule has 1 saturated heterocycles. The van der Waals surface area contributed by atoms with E-state index in [2.05, 4.69) is 59.8 Å².